The van der Waals surface area contributed by atoms with Crippen molar-refractivity contribution in [1.29, 1.82) is 0 Å². The molecule has 112 valence electrons. The van der Waals surface area contributed by atoms with Crippen LogP contribution in [0.4, 0.5) is 0 Å². The van der Waals surface area contributed by atoms with Gasteiger partial charge in [0.05, 0.1) is 6.54 Å². The third-order valence-electron chi connectivity index (χ3n) is 3.62. The molecule has 2 aromatic rings. The molecule has 1 heterocycles. The number of rotatable bonds is 6. The molecule has 5 heteroatoms. The van der Waals surface area contributed by atoms with Crippen LogP contribution in [0.25, 0.3) is 11.4 Å². The number of carbonyl (C=O) groups is 1. The third kappa shape index (κ3) is 3.68. The topological polar surface area (TPSA) is 68.0 Å². The maximum atomic E-state index is 11.9. The standard InChI is InChI=1S/C16H21N3O2/c1-4-12(5-2)16(20)17-10-14-18-15(19-21-14)13-9-7-6-8-11(13)3/h6-9,12H,4-5,10H2,1-3H3,(H,17,20). The van der Waals surface area contributed by atoms with Crippen LogP contribution in [0.5, 0.6) is 0 Å². The van der Waals surface area contributed by atoms with Gasteiger partial charge in [-0.1, -0.05) is 43.3 Å². The van der Waals surface area contributed by atoms with Gasteiger partial charge in [0.2, 0.25) is 17.6 Å². The molecule has 0 radical (unpaired) electrons. The second-order valence-corrected chi connectivity index (χ2v) is 5.06. The molecular formula is C16H21N3O2. The van der Waals surface area contributed by atoms with E-state index in [4.69, 9.17) is 4.52 Å². The van der Waals surface area contributed by atoms with Gasteiger partial charge >= 0.3 is 0 Å². The summed E-state index contributed by atoms with van der Waals surface area (Å²) < 4.78 is 5.20. The van der Waals surface area contributed by atoms with E-state index in [-0.39, 0.29) is 18.4 Å². The Morgan fingerprint density at radius 3 is 2.67 bits per heavy atom. The fourth-order valence-corrected chi connectivity index (χ4v) is 2.23. The summed E-state index contributed by atoms with van der Waals surface area (Å²) in [6.07, 6.45) is 1.67. The molecule has 0 unspecified atom stereocenters. The zero-order valence-corrected chi connectivity index (χ0v) is 12.7. The first-order valence-corrected chi connectivity index (χ1v) is 7.32. The molecule has 0 bridgehead atoms. The first-order chi connectivity index (χ1) is 10.2. The second kappa shape index (κ2) is 7.02. The Morgan fingerprint density at radius 2 is 2.00 bits per heavy atom. The normalized spacial score (nSPS) is 10.9. The summed E-state index contributed by atoms with van der Waals surface area (Å²) in [6.45, 7) is 6.29. The lowest BCUT2D eigenvalue weighted by Crippen LogP contribution is -2.29. The van der Waals surface area contributed by atoms with E-state index < -0.39 is 0 Å². The molecule has 0 saturated carbocycles. The van der Waals surface area contributed by atoms with Gasteiger partial charge in [-0.3, -0.25) is 4.79 Å². The molecule has 0 saturated heterocycles. The lowest BCUT2D eigenvalue weighted by molar-refractivity contribution is -0.125. The van der Waals surface area contributed by atoms with Gasteiger partial charge in [0.25, 0.3) is 0 Å². The van der Waals surface area contributed by atoms with Gasteiger partial charge in [0.15, 0.2) is 0 Å². The minimum Gasteiger partial charge on any atom is -0.347 e. The number of hydrogen-bond acceptors (Lipinski definition) is 4. The fraction of sp³-hybridized carbons (Fsp3) is 0.438. The molecule has 1 aromatic carbocycles. The summed E-state index contributed by atoms with van der Waals surface area (Å²) >= 11 is 0. The molecule has 1 aromatic heterocycles. The highest BCUT2D eigenvalue weighted by Crippen LogP contribution is 2.19. The zero-order chi connectivity index (χ0) is 15.2. The summed E-state index contributed by atoms with van der Waals surface area (Å²) in [4.78, 5) is 16.2. The first-order valence-electron chi connectivity index (χ1n) is 7.32. The molecule has 21 heavy (non-hydrogen) atoms. The van der Waals surface area contributed by atoms with Gasteiger partial charge in [0, 0.05) is 11.5 Å². The van der Waals surface area contributed by atoms with E-state index in [2.05, 4.69) is 15.5 Å². The molecule has 0 spiro atoms. The maximum Gasteiger partial charge on any atom is 0.246 e. The van der Waals surface area contributed by atoms with E-state index in [1.165, 1.54) is 0 Å². The van der Waals surface area contributed by atoms with Crippen molar-refractivity contribution in [3.63, 3.8) is 0 Å². The molecule has 2 rings (SSSR count). The van der Waals surface area contributed by atoms with Crippen LogP contribution < -0.4 is 5.32 Å². The summed E-state index contributed by atoms with van der Waals surface area (Å²) in [5, 5.41) is 6.82. The molecular weight excluding hydrogens is 266 g/mol. The molecule has 1 N–H and O–H groups in total. The van der Waals surface area contributed by atoms with Gasteiger partial charge in [-0.15, -0.1) is 0 Å². The van der Waals surface area contributed by atoms with E-state index in [0.717, 1.165) is 24.0 Å². The highest BCUT2D eigenvalue weighted by atomic mass is 16.5. The summed E-state index contributed by atoms with van der Waals surface area (Å²) in [7, 11) is 0. The van der Waals surface area contributed by atoms with Crippen molar-refractivity contribution in [3.8, 4) is 11.4 Å². The Kier molecular flexibility index (Phi) is 5.09. The number of aryl methyl sites for hydroxylation is 1. The van der Waals surface area contributed by atoms with Crippen LogP contribution in [0.3, 0.4) is 0 Å². The lowest BCUT2D eigenvalue weighted by atomic mass is 10.0. The van der Waals surface area contributed by atoms with E-state index in [0.29, 0.717) is 11.7 Å². The average molecular weight is 287 g/mol. The second-order valence-electron chi connectivity index (χ2n) is 5.06. The van der Waals surface area contributed by atoms with Crippen LogP contribution in [0.15, 0.2) is 28.8 Å². The van der Waals surface area contributed by atoms with Crippen LogP contribution in [-0.2, 0) is 11.3 Å². The predicted octanol–water partition coefficient (Wildman–Crippen LogP) is 3.10. The van der Waals surface area contributed by atoms with E-state index in [1.807, 2.05) is 45.0 Å². The number of amides is 1. The highest BCUT2D eigenvalue weighted by molar-refractivity contribution is 5.78. The van der Waals surface area contributed by atoms with Crippen molar-refractivity contribution in [2.45, 2.75) is 40.2 Å². The number of hydrogen-bond donors (Lipinski definition) is 1. The largest absolute Gasteiger partial charge is 0.347 e. The quantitative estimate of drug-likeness (QED) is 0.886. The molecule has 0 aliphatic carbocycles. The Balaban J connectivity index is 2.01. The average Bonchev–Trinajstić information content (AvgIpc) is 2.95. The van der Waals surface area contributed by atoms with Gasteiger partial charge in [-0.05, 0) is 25.3 Å². The Bertz CT molecular complexity index is 603. The lowest BCUT2D eigenvalue weighted by Gasteiger charge is -2.10. The SMILES string of the molecule is CCC(CC)C(=O)NCc1nc(-c2ccccc2C)no1. The van der Waals surface area contributed by atoms with Crippen molar-refractivity contribution in [1.82, 2.24) is 15.5 Å². The van der Waals surface area contributed by atoms with E-state index in [9.17, 15) is 4.79 Å². The van der Waals surface area contributed by atoms with Crippen molar-refractivity contribution in [2.24, 2.45) is 5.92 Å². The summed E-state index contributed by atoms with van der Waals surface area (Å²) in [5.74, 6) is 1.06. The Hall–Kier alpha value is -2.17. The van der Waals surface area contributed by atoms with Crippen molar-refractivity contribution < 1.29 is 9.32 Å². The summed E-state index contributed by atoms with van der Waals surface area (Å²) in [5.41, 5.74) is 2.03. The maximum absolute atomic E-state index is 11.9. The molecule has 0 aliphatic rings. The highest BCUT2D eigenvalue weighted by Gasteiger charge is 2.15. The van der Waals surface area contributed by atoms with Gasteiger partial charge < -0.3 is 9.84 Å². The minimum absolute atomic E-state index is 0.0376. The van der Waals surface area contributed by atoms with Crippen LogP contribution in [0.1, 0.15) is 38.1 Å². The number of nitrogens with one attached hydrogen (secondary N) is 1. The number of benzene rings is 1. The number of aromatic nitrogens is 2. The van der Waals surface area contributed by atoms with Crippen LogP contribution >= 0.6 is 0 Å². The van der Waals surface area contributed by atoms with E-state index >= 15 is 0 Å². The first kappa shape index (κ1) is 15.2. The third-order valence-corrected chi connectivity index (χ3v) is 3.62. The molecule has 0 aliphatic heterocycles. The number of nitrogens with zero attached hydrogens (tertiary/aromatic N) is 2. The molecule has 5 nitrogen and oxygen atoms in total. The molecule has 0 atom stereocenters. The van der Waals surface area contributed by atoms with Crippen LogP contribution in [0.2, 0.25) is 0 Å². The Labute approximate surface area is 124 Å². The van der Waals surface area contributed by atoms with Crippen LogP contribution in [-0.4, -0.2) is 16.0 Å². The fourth-order valence-electron chi connectivity index (χ4n) is 2.23. The Morgan fingerprint density at radius 1 is 1.29 bits per heavy atom. The molecule has 1 amide bonds. The smallest absolute Gasteiger partial charge is 0.246 e. The van der Waals surface area contributed by atoms with E-state index in [1.54, 1.807) is 0 Å². The number of carbonyl (C=O) groups excluding carboxylic acids is 1. The molecule has 0 fully saturated rings. The van der Waals surface area contributed by atoms with Crippen molar-refractivity contribution in [2.75, 3.05) is 0 Å². The monoisotopic (exact) mass is 287 g/mol. The van der Waals surface area contributed by atoms with Crippen molar-refractivity contribution >= 4 is 5.91 Å². The zero-order valence-electron chi connectivity index (χ0n) is 12.7. The minimum atomic E-state index is 0.0376. The van der Waals surface area contributed by atoms with Gasteiger partial charge in [0.1, 0.15) is 0 Å². The predicted molar refractivity (Wildman–Crippen MR) is 80.4 cm³/mol. The van der Waals surface area contributed by atoms with Gasteiger partial charge in [-0.25, -0.2) is 0 Å². The van der Waals surface area contributed by atoms with Crippen molar-refractivity contribution in [3.05, 3.63) is 35.7 Å². The summed E-state index contributed by atoms with van der Waals surface area (Å²) in [6, 6.07) is 7.86. The van der Waals surface area contributed by atoms with Gasteiger partial charge in [-0.2, -0.15) is 4.98 Å². The van der Waals surface area contributed by atoms with Crippen LogP contribution in [0, 0.1) is 12.8 Å².